The van der Waals surface area contributed by atoms with Crippen LogP contribution in [0.4, 0.5) is 0 Å². The van der Waals surface area contributed by atoms with E-state index >= 15 is 0 Å². The Balaban J connectivity index is 2.18. The summed E-state index contributed by atoms with van der Waals surface area (Å²) < 4.78 is 4.92. The van der Waals surface area contributed by atoms with E-state index in [0.29, 0.717) is 5.01 Å². The van der Waals surface area contributed by atoms with Crippen molar-refractivity contribution >= 4 is 23.6 Å². The van der Waals surface area contributed by atoms with Crippen molar-refractivity contribution in [2.45, 2.75) is 32.5 Å². The maximum atomic E-state index is 12.7. The lowest BCUT2D eigenvalue weighted by molar-refractivity contribution is -0.199. The lowest BCUT2D eigenvalue weighted by Gasteiger charge is -2.42. The number of amides is 2. The average Bonchev–Trinajstić information content (AvgIpc) is 2.53. The molecule has 0 aromatic heterocycles. The zero-order valence-electron chi connectivity index (χ0n) is 13.4. The first-order chi connectivity index (χ1) is 11.3. The molecule has 1 aliphatic heterocycles. The predicted octanol–water partition coefficient (Wildman–Crippen LogP) is -0.476. The molecule has 1 aromatic carbocycles. The van der Waals surface area contributed by atoms with Gasteiger partial charge >= 0.3 is 5.97 Å². The van der Waals surface area contributed by atoms with Gasteiger partial charge in [-0.2, -0.15) is 0 Å². The highest BCUT2D eigenvalue weighted by Gasteiger charge is 2.54. The van der Waals surface area contributed by atoms with Crippen LogP contribution in [0.3, 0.4) is 0 Å². The number of nitrogens with one attached hydrogen (secondary N) is 1. The third-order valence-corrected chi connectivity index (χ3v) is 3.68. The second-order valence-corrected chi connectivity index (χ2v) is 5.57. The molecule has 1 fully saturated rings. The Labute approximate surface area is 138 Å². The van der Waals surface area contributed by atoms with E-state index in [0.717, 1.165) is 12.5 Å². The summed E-state index contributed by atoms with van der Waals surface area (Å²) in [5, 5.41) is 3.25. The van der Waals surface area contributed by atoms with Crippen molar-refractivity contribution in [2.24, 2.45) is 11.8 Å². The minimum atomic E-state index is -1.21. The van der Waals surface area contributed by atoms with Gasteiger partial charge in [0.15, 0.2) is 11.7 Å². The van der Waals surface area contributed by atoms with Crippen molar-refractivity contribution in [1.82, 2.24) is 10.3 Å². The van der Waals surface area contributed by atoms with Gasteiger partial charge in [0.05, 0.1) is 6.04 Å². The van der Waals surface area contributed by atoms with Gasteiger partial charge in [-0.05, 0) is 12.0 Å². The molecule has 2 rings (SSSR count). The molecule has 1 aliphatic rings. The van der Waals surface area contributed by atoms with E-state index < -0.39 is 41.8 Å². The Morgan fingerprint density at radius 3 is 2.42 bits per heavy atom. The van der Waals surface area contributed by atoms with Crippen LogP contribution < -0.4 is 11.2 Å². The highest BCUT2D eigenvalue weighted by Crippen LogP contribution is 2.27. The van der Waals surface area contributed by atoms with Crippen LogP contribution in [-0.2, 0) is 30.3 Å². The molecule has 3 atom stereocenters. The number of hydrogen-bond donors (Lipinski definition) is 2. The minimum absolute atomic E-state index is 0.223. The second-order valence-electron chi connectivity index (χ2n) is 5.57. The summed E-state index contributed by atoms with van der Waals surface area (Å²) in [4.78, 5) is 47.1. The van der Waals surface area contributed by atoms with Crippen molar-refractivity contribution in [1.29, 1.82) is 0 Å². The first kappa shape index (κ1) is 17.6. The molecule has 1 heterocycles. The third kappa shape index (κ3) is 3.77. The van der Waals surface area contributed by atoms with Crippen molar-refractivity contribution in [3.63, 3.8) is 0 Å². The molecule has 0 saturated carbocycles. The van der Waals surface area contributed by atoms with Crippen molar-refractivity contribution in [3.05, 3.63) is 35.9 Å². The van der Waals surface area contributed by atoms with E-state index in [1.165, 1.54) is 6.92 Å². The van der Waals surface area contributed by atoms with Gasteiger partial charge in [0.2, 0.25) is 12.1 Å². The van der Waals surface area contributed by atoms with Crippen LogP contribution in [0.1, 0.15) is 19.4 Å². The summed E-state index contributed by atoms with van der Waals surface area (Å²) in [5.74, 6) is 2.02. The van der Waals surface area contributed by atoms with E-state index in [9.17, 15) is 19.2 Å². The van der Waals surface area contributed by atoms with Gasteiger partial charge in [-0.15, -0.1) is 0 Å². The first-order valence-electron chi connectivity index (χ1n) is 7.41. The Hall–Kier alpha value is -2.74. The monoisotopic (exact) mass is 333 g/mol. The van der Waals surface area contributed by atoms with E-state index in [1.54, 1.807) is 0 Å². The number of benzene rings is 1. The van der Waals surface area contributed by atoms with Crippen LogP contribution in [0.5, 0.6) is 0 Å². The number of hydrazine groups is 1. The number of esters is 1. The van der Waals surface area contributed by atoms with Crippen LogP contribution in [0.2, 0.25) is 0 Å². The number of carbonyl (C=O) groups excluding carboxylic acids is 4. The van der Waals surface area contributed by atoms with Gasteiger partial charge in [-0.25, -0.2) is 10.9 Å². The fourth-order valence-electron chi connectivity index (χ4n) is 2.58. The molecule has 0 bridgehead atoms. The topological polar surface area (TPSA) is 119 Å². The molecule has 24 heavy (non-hydrogen) atoms. The molecule has 3 N–H and O–H groups in total. The summed E-state index contributed by atoms with van der Waals surface area (Å²) in [6, 6.07) is 8.15. The van der Waals surface area contributed by atoms with E-state index in [-0.39, 0.29) is 6.42 Å². The number of nitrogens with two attached hydrogens (primary N) is 1. The molecule has 1 saturated heterocycles. The smallest absolute Gasteiger partial charge is 0.304 e. The summed E-state index contributed by atoms with van der Waals surface area (Å²) >= 11 is 0. The van der Waals surface area contributed by atoms with Gasteiger partial charge in [0.1, 0.15) is 0 Å². The number of β-lactam (4-membered cyclic amide) rings is 1. The average molecular weight is 333 g/mol. The molecular formula is C16H19N3O5. The number of hydrogen-bond acceptors (Lipinski definition) is 6. The number of Topliss-reactive ketones (excluding diaryl/α,β-unsaturated/α-hetero) is 1. The Morgan fingerprint density at radius 1 is 1.25 bits per heavy atom. The van der Waals surface area contributed by atoms with Gasteiger partial charge in [0.25, 0.3) is 5.91 Å². The minimum Gasteiger partial charge on any atom is -0.439 e. The summed E-state index contributed by atoms with van der Waals surface area (Å²) in [6.45, 7) is 2.44. The SMILES string of the molecule is CC(=O)N[C@@H](Cc1ccccc1)C(=O)[C@H]1C(=O)N(N)[C@H]1OC(C)=O. The molecule has 1 aromatic rings. The quantitative estimate of drug-likeness (QED) is 0.239. The van der Waals surface area contributed by atoms with Crippen LogP contribution in [-0.4, -0.2) is 40.8 Å². The van der Waals surface area contributed by atoms with Crippen molar-refractivity contribution in [3.8, 4) is 0 Å². The highest BCUT2D eigenvalue weighted by molar-refractivity contribution is 6.09. The molecule has 0 spiro atoms. The largest absolute Gasteiger partial charge is 0.439 e. The molecule has 8 heteroatoms. The van der Waals surface area contributed by atoms with Crippen molar-refractivity contribution < 1.29 is 23.9 Å². The normalized spacial score (nSPS) is 20.8. The molecule has 2 amide bonds. The first-order valence-corrected chi connectivity index (χ1v) is 7.41. The van der Waals surface area contributed by atoms with Crippen LogP contribution in [0.25, 0.3) is 0 Å². The number of ketones is 1. The third-order valence-electron chi connectivity index (χ3n) is 3.68. The standard InChI is InChI=1S/C16H19N3O5/c1-9(20)18-12(8-11-6-4-3-5-7-11)14(22)13-15(23)19(17)16(13)24-10(2)21/h3-7,12-13,16H,8,17H2,1-2H3,(H,18,20)/t12-,13-,16-/m0/s1. The predicted molar refractivity (Wildman–Crippen MR) is 82.8 cm³/mol. The van der Waals surface area contributed by atoms with Crippen LogP contribution in [0.15, 0.2) is 30.3 Å². The Morgan fingerprint density at radius 2 is 1.88 bits per heavy atom. The number of nitrogens with zero attached hydrogens (tertiary/aromatic N) is 1. The lowest BCUT2D eigenvalue weighted by Crippen LogP contribution is -2.69. The van der Waals surface area contributed by atoms with Gasteiger partial charge in [-0.3, -0.25) is 19.2 Å². The molecule has 0 unspecified atom stereocenters. The maximum absolute atomic E-state index is 12.7. The lowest BCUT2D eigenvalue weighted by atomic mass is 9.86. The summed E-state index contributed by atoms with van der Waals surface area (Å²) in [7, 11) is 0. The van der Waals surface area contributed by atoms with E-state index in [2.05, 4.69) is 5.32 Å². The fourth-order valence-corrected chi connectivity index (χ4v) is 2.58. The Bertz CT molecular complexity index is 661. The zero-order chi connectivity index (χ0) is 17.9. The second kappa shape index (κ2) is 7.22. The van der Waals surface area contributed by atoms with Crippen molar-refractivity contribution in [2.75, 3.05) is 0 Å². The summed E-state index contributed by atoms with van der Waals surface area (Å²) in [5.41, 5.74) is 0.824. The molecule has 0 radical (unpaired) electrons. The summed E-state index contributed by atoms with van der Waals surface area (Å²) in [6.07, 6.45) is -0.921. The fraction of sp³-hybridized carbons (Fsp3) is 0.375. The van der Waals surface area contributed by atoms with Gasteiger partial charge < -0.3 is 10.1 Å². The molecular weight excluding hydrogens is 314 g/mol. The van der Waals surface area contributed by atoms with E-state index in [4.69, 9.17) is 10.6 Å². The number of rotatable bonds is 6. The van der Waals surface area contributed by atoms with Gasteiger partial charge in [-0.1, -0.05) is 30.3 Å². The number of ether oxygens (including phenoxy) is 1. The highest BCUT2D eigenvalue weighted by atomic mass is 16.6. The molecule has 8 nitrogen and oxygen atoms in total. The van der Waals surface area contributed by atoms with E-state index in [1.807, 2.05) is 30.3 Å². The zero-order valence-corrected chi connectivity index (χ0v) is 13.4. The molecule has 128 valence electrons. The van der Waals surface area contributed by atoms with Crippen LogP contribution >= 0.6 is 0 Å². The maximum Gasteiger partial charge on any atom is 0.304 e. The van der Waals surface area contributed by atoms with Gasteiger partial charge in [0, 0.05) is 13.8 Å². The number of carbonyl (C=O) groups is 4. The van der Waals surface area contributed by atoms with Crippen LogP contribution in [0, 0.1) is 5.92 Å². The molecule has 0 aliphatic carbocycles. The Kier molecular flexibility index (Phi) is 5.30.